The van der Waals surface area contributed by atoms with E-state index in [1.54, 1.807) is 13.4 Å². The van der Waals surface area contributed by atoms with Crippen molar-refractivity contribution in [3.05, 3.63) is 51.9 Å². The van der Waals surface area contributed by atoms with Gasteiger partial charge in [0.2, 0.25) is 0 Å². The molecule has 1 aromatic heterocycles. The van der Waals surface area contributed by atoms with Gasteiger partial charge in [0, 0.05) is 10.0 Å². The Balaban J connectivity index is 2.38. The molecule has 0 saturated carbocycles. The molecule has 1 heterocycles. The predicted molar refractivity (Wildman–Crippen MR) is 84.3 cm³/mol. The maximum atomic E-state index is 5.45. The minimum atomic E-state index is 0.119. The molecule has 108 valence electrons. The molecule has 0 spiro atoms. The summed E-state index contributed by atoms with van der Waals surface area (Å²) in [6.45, 7) is 5.11. The summed E-state index contributed by atoms with van der Waals surface area (Å²) in [6.07, 6.45) is 2.82. The van der Waals surface area contributed by atoms with E-state index in [1.165, 1.54) is 11.1 Å². The van der Waals surface area contributed by atoms with E-state index in [4.69, 9.17) is 9.15 Å². The Kier molecular flexibility index (Phi) is 5.26. The quantitative estimate of drug-likeness (QED) is 0.845. The molecule has 0 aliphatic carbocycles. The molecule has 0 radical (unpaired) electrons. The highest BCUT2D eigenvalue weighted by atomic mass is 79.9. The summed E-state index contributed by atoms with van der Waals surface area (Å²) in [5, 5.41) is 3.58. The van der Waals surface area contributed by atoms with E-state index in [1.807, 2.05) is 25.1 Å². The second-order valence-electron chi connectivity index (χ2n) is 4.71. The van der Waals surface area contributed by atoms with E-state index in [0.717, 1.165) is 28.9 Å². The Bertz CT molecular complexity index is 565. The molecule has 0 amide bonds. The van der Waals surface area contributed by atoms with Crippen molar-refractivity contribution in [3.63, 3.8) is 0 Å². The van der Waals surface area contributed by atoms with Crippen molar-refractivity contribution in [3.8, 4) is 5.75 Å². The lowest BCUT2D eigenvalue weighted by Gasteiger charge is -2.20. The first-order chi connectivity index (χ1) is 9.67. The van der Waals surface area contributed by atoms with Gasteiger partial charge < -0.3 is 14.5 Å². The standard InChI is InChI=1S/C16H20BrNO2/c1-4-8-18-16(13-7-9-20-11(13)2)14-6-5-12(19-3)10-15(14)17/h5-7,9-10,16,18H,4,8H2,1-3H3. The van der Waals surface area contributed by atoms with Crippen LogP contribution in [0.3, 0.4) is 0 Å². The third-order valence-electron chi connectivity index (χ3n) is 3.33. The molecule has 3 nitrogen and oxygen atoms in total. The topological polar surface area (TPSA) is 34.4 Å². The van der Waals surface area contributed by atoms with Crippen molar-refractivity contribution >= 4 is 15.9 Å². The van der Waals surface area contributed by atoms with E-state index in [2.05, 4.69) is 34.2 Å². The van der Waals surface area contributed by atoms with Crippen molar-refractivity contribution in [2.24, 2.45) is 0 Å². The van der Waals surface area contributed by atoms with Crippen molar-refractivity contribution in [2.45, 2.75) is 26.3 Å². The Morgan fingerprint density at radius 2 is 2.10 bits per heavy atom. The lowest BCUT2D eigenvalue weighted by molar-refractivity contribution is 0.414. The Labute approximate surface area is 128 Å². The fourth-order valence-electron chi connectivity index (χ4n) is 2.24. The van der Waals surface area contributed by atoms with Gasteiger partial charge in [-0.1, -0.05) is 28.9 Å². The van der Waals surface area contributed by atoms with Gasteiger partial charge in [0.05, 0.1) is 19.4 Å². The molecule has 4 heteroatoms. The van der Waals surface area contributed by atoms with Crippen LogP contribution in [0.5, 0.6) is 5.75 Å². The van der Waals surface area contributed by atoms with Crippen LogP contribution in [0.15, 0.2) is 39.4 Å². The zero-order valence-electron chi connectivity index (χ0n) is 12.1. The molecule has 0 aliphatic heterocycles. The predicted octanol–water partition coefficient (Wildman–Crippen LogP) is 4.45. The van der Waals surface area contributed by atoms with Crippen LogP contribution in [0.2, 0.25) is 0 Å². The number of ether oxygens (including phenoxy) is 1. The third-order valence-corrected chi connectivity index (χ3v) is 4.01. The summed E-state index contributed by atoms with van der Waals surface area (Å²) in [6, 6.07) is 8.21. The van der Waals surface area contributed by atoms with Gasteiger partial charge in [-0.25, -0.2) is 0 Å². The smallest absolute Gasteiger partial charge is 0.120 e. The summed E-state index contributed by atoms with van der Waals surface area (Å²) in [5.41, 5.74) is 2.35. The fraction of sp³-hybridized carbons (Fsp3) is 0.375. The molecule has 1 unspecified atom stereocenters. The van der Waals surface area contributed by atoms with Crippen molar-refractivity contribution in [1.82, 2.24) is 5.32 Å². The van der Waals surface area contributed by atoms with Gasteiger partial charge in [0.25, 0.3) is 0 Å². The van der Waals surface area contributed by atoms with Crippen molar-refractivity contribution in [2.75, 3.05) is 13.7 Å². The second kappa shape index (κ2) is 6.95. The van der Waals surface area contributed by atoms with Crippen molar-refractivity contribution in [1.29, 1.82) is 0 Å². The van der Waals surface area contributed by atoms with Crippen LogP contribution in [-0.4, -0.2) is 13.7 Å². The first-order valence-corrected chi connectivity index (χ1v) is 7.57. The van der Waals surface area contributed by atoms with Crippen LogP contribution in [0.1, 0.15) is 36.3 Å². The SMILES string of the molecule is CCCNC(c1ccc(OC)cc1Br)c1ccoc1C. The highest BCUT2D eigenvalue weighted by Gasteiger charge is 2.19. The first kappa shape index (κ1) is 15.1. The van der Waals surface area contributed by atoms with E-state index >= 15 is 0 Å². The van der Waals surface area contributed by atoms with E-state index in [-0.39, 0.29) is 6.04 Å². The van der Waals surface area contributed by atoms with Gasteiger partial charge in [0.15, 0.2) is 0 Å². The van der Waals surface area contributed by atoms with E-state index < -0.39 is 0 Å². The highest BCUT2D eigenvalue weighted by molar-refractivity contribution is 9.10. The van der Waals surface area contributed by atoms with Crippen LogP contribution in [0.25, 0.3) is 0 Å². The number of hydrogen-bond acceptors (Lipinski definition) is 3. The maximum absolute atomic E-state index is 5.45. The average molecular weight is 338 g/mol. The van der Waals surface area contributed by atoms with Gasteiger partial charge in [0.1, 0.15) is 11.5 Å². The molecular formula is C16H20BrNO2. The van der Waals surface area contributed by atoms with Gasteiger partial charge in [-0.15, -0.1) is 0 Å². The molecule has 1 N–H and O–H groups in total. The number of benzene rings is 1. The number of rotatable bonds is 6. The normalized spacial score (nSPS) is 12.4. The van der Waals surface area contributed by atoms with Crippen LogP contribution in [0, 0.1) is 6.92 Å². The molecule has 1 atom stereocenters. The average Bonchev–Trinajstić information content (AvgIpc) is 2.87. The summed E-state index contributed by atoms with van der Waals surface area (Å²) in [5.74, 6) is 1.79. The molecule has 1 aromatic carbocycles. The molecule has 0 bridgehead atoms. The summed E-state index contributed by atoms with van der Waals surface area (Å²) in [7, 11) is 1.68. The van der Waals surface area contributed by atoms with Crippen molar-refractivity contribution < 1.29 is 9.15 Å². The Hall–Kier alpha value is -1.26. The summed E-state index contributed by atoms with van der Waals surface area (Å²) >= 11 is 3.64. The number of furan rings is 1. The number of aryl methyl sites for hydroxylation is 1. The van der Waals surface area contributed by atoms with E-state index in [0.29, 0.717) is 0 Å². The van der Waals surface area contributed by atoms with Gasteiger partial charge in [-0.2, -0.15) is 0 Å². The first-order valence-electron chi connectivity index (χ1n) is 6.78. The zero-order chi connectivity index (χ0) is 14.5. The summed E-state index contributed by atoms with van der Waals surface area (Å²) in [4.78, 5) is 0. The van der Waals surface area contributed by atoms with Crippen LogP contribution in [0.4, 0.5) is 0 Å². The molecule has 0 fully saturated rings. The lowest BCUT2D eigenvalue weighted by Crippen LogP contribution is -2.23. The van der Waals surface area contributed by atoms with Crippen LogP contribution >= 0.6 is 15.9 Å². The molecule has 2 aromatic rings. The van der Waals surface area contributed by atoms with Crippen LogP contribution in [-0.2, 0) is 0 Å². The monoisotopic (exact) mass is 337 g/mol. The number of hydrogen-bond donors (Lipinski definition) is 1. The Morgan fingerprint density at radius 1 is 1.30 bits per heavy atom. The largest absolute Gasteiger partial charge is 0.497 e. The van der Waals surface area contributed by atoms with Gasteiger partial charge in [-0.3, -0.25) is 0 Å². The molecule has 0 aliphatic rings. The van der Waals surface area contributed by atoms with Gasteiger partial charge >= 0.3 is 0 Å². The minimum Gasteiger partial charge on any atom is -0.497 e. The van der Waals surface area contributed by atoms with E-state index in [9.17, 15) is 0 Å². The molecular weight excluding hydrogens is 318 g/mol. The third kappa shape index (κ3) is 3.25. The maximum Gasteiger partial charge on any atom is 0.120 e. The second-order valence-corrected chi connectivity index (χ2v) is 5.56. The molecule has 2 rings (SSSR count). The zero-order valence-corrected chi connectivity index (χ0v) is 13.7. The minimum absolute atomic E-state index is 0.119. The fourth-order valence-corrected chi connectivity index (χ4v) is 2.83. The van der Waals surface area contributed by atoms with Gasteiger partial charge in [-0.05, 0) is 43.7 Å². The number of halogens is 1. The lowest BCUT2D eigenvalue weighted by atomic mass is 9.99. The number of methoxy groups -OCH3 is 1. The molecule has 0 saturated heterocycles. The Morgan fingerprint density at radius 3 is 2.65 bits per heavy atom. The van der Waals surface area contributed by atoms with Crippen LogP contribution < -0.4 is 10.1 Å². The number of nitrogens with one attached hydrogen (secondary N) is 1. The molecule has 20 heavy (non-hydrogen) atoms. The summed E-state index contributed by atoms with van der Waals surface area (Å²) < 4.78 is 11.7. The highest BCUT2D eigenvalue weighted by Crippen LogP contribution is 2.33.